The minimum absolute atomic E-state index is 0.167. The number of benzene rings is 1. The van der Waals surface area contributed by atoms with Gasteiger partial charge in [0.2, 0.25) is 15.8 Å². The molecule has 0 bridgehead atoms. The summed E-state index contributed by atoms with van der Waals surface area (Å²) < 4.78 is 97.6. The summed E-state index contributed by atoms with van der Waals surface area (Å²) in [5.41, 5.74) is -0.986. The molecule has 0 aliphatic heterocycles. The molecule has 0 aliphatic carbocycles. The Labute approximate surface area is 147 Å². The number of esters is 1. The molecular formula is C15H18F5NO4S. The lowest BCUT2D eigenvalue weighted by Crippen LogP contribution is -2.45. The van der Waals surface area contributed by atoms with Crippen molar-refractivity contribution < 1.29 is 39.9 Å². The van der Waals surface area contributed by atoms with Crippen LogP contribution in [0.4, 0.5) is 22.0 Å². The van der Waals surface area contributed by atoms with Gasteiger partial charge in [0, 0.05) is 7.05 Å². The monoisotopic (exact) mass is 403 g/mol. The summed E-state index contributed by atoms with van der Waals surface area (Å²) in [6.45, 7) is 5.92. The van der Waals surface area contributed by atoms with E-state index in [2.05, 4.69) is 0 Å². The number of likely N-dealkylation sites (N-methyl/N-ethyl adjacent to an activating group) is 1. The molecule has 0 unspecified atom stereocenters. The molecule has 5 nitrogen and oxygen atoms in total. The van der Waals surface area contributed by atoms with E-state index in [0.717, 1.165) is 7.05 Å². The molecule has 0 saturated carbocycles. The zero-order chi connectivity index (χ0) is 20.6. The molecule has 0 aromatic heterocycles. The minimum atomic E-state index is -5.24. The Hall–Kier alpha value is -1.75. The Balaban J connectivity index is 3.48. The number of hydrogen-bond donors (Lipinski definition) is 0. The van der Waals surface area contributed by atoms with Crippen molar-refractivity contribution in [2.75, 3.05) is 7.05 Å². The fourth-order valence-electron chi connectivity index (χ4n) is 2.06. The zero-order valence-electron chi connectivity index (χ0n) is 14.7. The van der Waals surface area contributed by atoms with E-state index in [-0.39, 0.29) is 10.7 Å². The van der Waals surface area contributed by atoms with Crippen molar-refractivity contribution in [1.82, 2.24) is 4.31 Å². The Morgan fingerprint density at radius 2 is 1.38 bits per heavy atom. The first-order chi connectivity index (χ1) is 11.7. The van der Waals surface area contributed by atoms with Gasteiger partial charge < -0.3 is 4.74 Å². The molecule has 0 amide bonds. The highest BCUT2D eigenvalue weighted by Gasteiger charge is 2.40. The molecule has 11 heteroatoms. The maximum atomic E-state index is 13.9. The molecule has 26 heavy (non-hydrogen) atoms. The predicted molar refractivity (Wildman–Crippen MR) is 81.1 cm³/mol. The normalized spacial score (nSPS) is 13.8. The standard InChI is InChI=1S/C15H18F5NO4S/c1-6-7(14(22)25-15(2,3)4)21(5)26(23,24)13-11(19)9(17)8(16)10(18)12(13)20/h7H,6H2,1-5H3/t7-/m0/s1. The second kappa shape index (κ2) is 7.47. The van der Waals surface area contributed by atoms with E-state index in [9.17, 15) is 35.2 Å². The van der Waals surface area contributed by atoms with Gasteiger partial charge in [-0.2, -0.15) is 4.31 Å². The minimum Gasteiger partial charge on any atom is -0.459 e. The van der Waals surface area contributed by atoms with Crippen LogP contribution in [0.5, 0.6) is 0 Å². The van der Waals surface area contributed by atoms with Gasteiger partial charge in [-0.25, -0.2) is 30.4 Å². The van der Waals surface area contributed by atoms with Crippen molar-refractivity contribution in [3.8, 4) is 0 Å². The van der Waals surface area contributed by atoms with E-state index in [1.165, 1.54) is 27.7 Å². The van der Waals surface area contributed by atoms with Crippen molar-refractivity contribution in [3.05, 3.63) is 29.1 Å². The maximum Gasteiger partial charge on any atom is 0.324 e. The van der Waals surface area contributed by atoms with Crippen LogP contribution in [0.15, 0.2) is 4.90 Å². The molecule has 1 atom stereocenters. The molecule has 1 aromatic rings. The second-order valence-electron chi connectivity index (χ2n) is 6.38. The van der Waals surface area contributed by atoms with Crippen molar-refractivity contribution >= 4 is 16.0 Å². The fraction of sp³-hybridized carbons (Fsp3) is 0.533. The number of carbonyl (C=O) groups is 1. The van der Waals surface area contributed by atoms with Gasteiger partial charge in [0.05, 0.1) is 0 Å². The highest BCUT2D eigenvalue weighted by molar-refractivity contribution is 7.89. The number of ether oxygens (including phenoxy) is 1. The zero-order valence-corrected chi connectivity index (χ0v) is 15.5. The molecule has 0 radical (unpaired) electrons. The number of hydrogen-bond acceptors (Lipinski definition) is 4. The van der Waals surface area contributed by atoms with Crippen molar-refractivity contribution in [1.29, 1.82) is 0 Å². The van der Waals surface area contributed by atoms with E-state index in [0.29, 0.717) is 0 Å². The SMILES string of the molecule is CC[C@@H](C(=O)OC(C)(C)C)N(C)S(=O)(=O)c1c(F)c(F)c(F)c(F)c1F. The highest BCUT2D eigenvalue weighted by atomic mass is 32.2. The van der Waals surface area contributed by atoms with Gasteiger partial charge in [0.25, 0.3) is 0 Å². The predicted octanol–water partition coefficient (Wildman–Crippen LogP) is 3.12. The van der Waals surface area contributed by atoms with Crippen LogP contribution in [0.25, 0.3) is 0 Å². The van der Waals surface area contributed by atoms with Crippen molar-refractivity contribution in [2.45, 2.75) is 50.7 Å². The number of sulfonamides is 1. The number of nitrogens with zero attached hydrogens (tertiary/aromatic N) is 1. The topological polar surface area (TPSA) is 63.7 Å². The van der Waals surface area contributed by atoms with Crippen LogP contribution < -0.4 is 0 Å². The van der Waals surface area contributed by atoms with Gasteiger partial charge in [0.1, 0.15) is 11.6 Å². The fourth-order valence-corrected chi connectivity index (χ4v) is 3.56. The molecule has 0 spiro atoms. The molecule has 1 rings (SSSR count). The smallest absolute Gasteiger partial charge is 0.324 e. The lowest BCUT2D eigenvalue weighted by molar-refractivity contribution is -0.159. The van der Waals surface area contributed by atoms with Crippen LogP contribution in [0, 0.1) is 29.1 Å². The lowest BCUT2D eigenvalue weighted by atomic mass is 10.1. The van der Waals surface area contributed by atoms with Gasteiger partial charge in [-0.15, -0.1) is 0 Å². The summed E-state index contributed by atoms with van der Waals surface area (Å²) in [4.78, 5) is 10.1. The van der Waals surface area contributed by atoms with Gasteiger partial charge in [-0.1, -0.05) is 6.92 Å². The number of rotatable bonds is 5. The molecule has 148 valence electrons. The van der Waals surface area contributed by atoms with Gasteiger partial charge >= 0.3 is 5.97 Å². The Kier molecular flexibility index (Phi) is 6.41. The molecular weight excluding hydrogens is 385 g/mol. The Morgan fingerprint density at radius 3 is 1.73 bits per heavy atom. The Morgan fingerprint density at radius 1 is 1.00 bits per heavy atom. The summed E-state index contributed by atoms with van der Waals surface area (Å²) in [5, 5.41) is 0. The van der Waals surface area contributed by atoms with E-state index in [1.807, 2.05) is 0 Å². The number of carbonyl (C=O) groups excluding carboxylic acids is 1. The van der Waals surface area contributed by atoms with Crippen LogP contribution >= 0.6 is 0 Å². The molecule has 0 N–H and O–H groups in total. The lowest BCUT2D eigenvalue weighted by Gasteiger charge is -2.28. The van der Waals surface area contributed by atoms with Crippen LogP contribution in [0.2, 0.25) is 0 Å². The summed E-state index contributed by atoms with van der Waals surface area (Å²) >= 11 is 0. The van der Waals surface area contributed by atoms with E-state index in [1.54, 1.807) is 0 Å². The molecule has 1 aromatic carbocycles. The van der Waals surface area contributed by atoms with Crippen LogP contribution in [0.3, 0.4) is 0 Å². The second-order valence-corrected chi connectivity index (χ2v) is 8.31. The summed E-state index contributed by atoms with van der Waals surface area (Å²) in [5.74, 6) is -13.3. The molecule has 0 aliphatic rings. The molecule has 0 saturated heterocycles. The molecule has 0 heterocycles. The third kappa shape index (κ3) is 4.14. The quantitative estimate of drug-likeness (QED) is 0.328. The number of halogens is 5. The van der Waals surface area contributed by atoms with Crippen molar-refractivity contribution in [3.63, 3.8) is 0 Å². The van der Waals surface area contributed by atoms with E-state index >= 15 is 0 Å². The maximum absolute atomic E-state index is 13.9. The van der Waals surface area contributed by atoms with Crippen molar-refractivity contribution in [2.24, 2.45) is 0 Å². The summed E-state index contributed by atoms with van der Waals surface area (Å²) in [7, 11) is -4.45. The first kappa shape index (κ1) is 22.3. The Bertz CT molecular complexity index is 791. The third-order valence-corrected chi connectivity index (χ3v) is 5.20. The van der Waals surface area contributed by atoms with E-state index < -0.39 is 61.6 Å². The van der Waals surface area contributed by atoms with Crippen LogP contribution in [0.1, 0.15) is 34.1 Å². The first-order valence-corrected chi connectivity index (χ1v) is 8.83. The van der Waals surface area contributed by atoms with Gasteiger partial charge in [0.15, 0.2) is 28.2 Å². The van der Waals surface area contributed by atoms with Crippen LogP contribution in [-0.2, 0) is 19.6 Å². The summed E-state index contributed by atoms with van der Waals surface area (Å²) in [6.07, 6.45) is -0.167. The van der Waals surface area contributed by atoms with Gasteiger partial charge in [-0.3, -0.25) is 4.79 Å². The van der Waals surface area contributed by atoms with E-state index in [4.69, 9.17) is 4.74 Å². The summed E-state index contributed by atoms with van der Waals surface area (Å²) in [6, 6.07) is -1.53. The first-order valence-electron chi connectivity index (χ1n) is 7.39. The largest absolute Gasteiger partial charge is 0.459 e. The third-order valence-electron chi connectivity index (χ3n) is 3.31. The van der Waals surface area contributed by atoms with Gasteiger partial charge in [-0.05, 0) is 27.2 Å². The van der Waals surface area contributed by atoms with Crippen LogP contribution in [-0.4, -0.2) is 37.4 Å². The highest BCUT2D eigenvalue weighted by Crippen LogP contribution is 2.30. The average molecular weight is 403 g/mol. The average Bonchev–Trinajstić information content (AvgIpc) is 2.49. The molecule has 0 fully saturated rings.